The molecule has 33 heavy (non-hydrogen) atoms. The Bertz CT molecular complexity index is 1120. The van der Waals surface area contributed by atoms with Crippen molar-refractivity contribution in [2.24, 2.45) is 0 Å². The predicted molar refractivity (Wildman–Crippen MR) is 133 cm³/mol. The number of urea groups is 1. The minimum Gasteiger partial charge on any atom is -0.382 e. The lowest BCUT2D eigenvalue weighted by Gasteiger charge is -2.31. The molecule has 0 radical (unpaired) electrons. The van der Waals surface area contributed by atoms with Gasteiger partial charge in [-0.2, -0.15) is 0 Å². The molecule has 3 aromatic rings. The second-order valence-corrected chi connectivity index (χ2v) is 10.1. The topological polar surface area (TPSA) is 46.5 Å². The lowest BCUT2D eigenvalue weighted by Crippen LogP contribution is -2.42. The number of aromatic nitrogens is 1. The van der Waals surface area contributed by atoms with Crippen LogP contribution in [0.15, 0.2) is 42.6 Å². The molecule has 2 amide bonds. The zero-order valence-corrected chi connectivity index (χ0v) is 20.4. The number of aryl methyl sites for hydroxylation is 2. The molecule has 6 heteroatoms. The van der Waals surface area contributed by atoms with E-state index in [0.717, 1.165) is 30.5 Å². The summed E-state index contributed by atoms with van der Waals surface area (Å²) in [5, 5.41) is 4.47. The Kier molecular flexibility index (Phi) is 6.56. The Morgan fingerprint density at radius 1 is 1.15 bits per heavy atom. The summed E-state index contributed by atoms with van der Waals surface area (Å²) in [4.78, 5) is 17.2. The van der Waals surface area contributed by atoms with Crippen molar-refractivity contribution in [2.45, 2.75) is 58.5 Å². The Labute approximate surface area is 200 Å². The molecule has 2 aliphatic rings. The molecule has 0 saturated carbocycles. The van der Waals surface area contributed by atoms with Gasteiger partial charge < -0.3 is 19.5 Å². The highest BCUT2D eigenvalue weighted by Gasteiger charge is 2.35. The molecule has 1 aromatic carbocycles. The monoisotopic (exact) mass is 463 g/mol. The highest BCUT2D eigenvalue weighted by Crippen LogP contribution is 2.43. The van der Waals surface area contributed by atoms with Gasteiger partial charge in [-0.15, -0.1) is 11.3 Å². The fraction of sp³-hybridized carbons (Fsp3) is 0.444. The SMILES string of the molecule is CCOCCCNC(=O)N1Cc2c(sc3c2CCCC3)-n2cccc2[C@@H]1c1ccc(C)cc1. The van der Waals surface area contributed by atoms with Crippen molar-refractivity contribution in [3.8, 4) is 5.00 Å². The van der Waals surface area contributed by atoms with Crippen molar-refractivity contribution in [1.29, 1.82) is 0 Å². The summed E-state index contributed by atoms with van der Waals surface area (Å²) in [5.74, 6) is 0. The molecule has 174 valence electrons. The van der Waals surface area contributed by atoms with Crippen LogP contribution in [0.5, 0.6) is 0 Å². The average molecular weight is 464 g/mol. The number of nitrogens with one attached hydrogen (secondary N) is 1. The van der Waals surface area contributed by atoms with E-state index in [2.05, 4.69) is 59.4 Å². The smallest absolute Gasteiger partial charge is 0.318 e. The van der Waals surface area contributed by atoms with Crippen LogP contribution in [0.1, 0.15) is 65.1 Å². The van der Waals surface area contributed by atoms with Crippen LogP contribution in [0.25, 0.3) is 5.00 Å². The van der Waals surface area contributed by atoms with E-state index in [-0.39, 0.29) is 12.1 Å². The zero-order valence-electron chi connectivity index (χ0n) is 19.6. The Morgan fingerprint density at radius 3 is 2.79 bits per heavy atom. The second kappa shape index (κ2) is 9.74. The number of fused-ring (bicyclic) bond motifs is 5. The molecule has 2 aromatic heterocycles. The fourth-order valence-electron chi connectivity index (χ4n) is 5.10. The molecule has 0 bridgehead atoms. The summed E-state index contributed by atoms with van der Waals surface area (Å²) < 4.78 is 7.79. The maximum atomic E-state index is 13.6. The quantitative estimate of drug-likeness (QED) is 0.472. The van der Waals surface area contributed by atoms with Gasteiger partial charge in [0, 0.05) is 36.4 Å². The molecule has 1 aliphatic carbocycles. The molecule has 1 N–H and O–H groups in total. The number of hydrogen-bond acceptors (Lipinski definition) is 3. The number of ether oxygens (including phenoxy) is 1. The first kappa shape index (κ1) is 22.2. The Morgan fingerprint density at radius 2 is 1.97 bits per heavy atom. The maximum Gasteiger partial charge on any atom is 0.318 e. The van der Waals surface area contributed by atoms with Crippen LogP contribution >= 0.6 is 11.3 Å². The zero-order chi connectivity index (χ0) is 22.8. The van der Waals surface area contributed by atoms with Crippen LogP contribution in [0.2, 0.25) is 0 Å². The first-order valence-corrected chi connectivity index (χ1v) is 13.0. The lowest BCUT2D eigenvalue weighted by molar-refractivity contribution is 0.143. The van der Waals surface area contributed by atoms with Gasteiger partial charge in [0.05, 0.1) is 18.3 Å². The number of carbonyl (C=O) groups excluding carboxylic acids is 1. The van der Waals surface area contributed by atoms with E-state index in [1.54, 1.807) is 0 Å². The van der Waals surface area contributed by atoms with E-state index in [4.69, 9.17) is 4.74 Å². The number of amides is 2. The molecule has 0 unspecified atom stereocenters. The first-order chi connectivity index (χ1) is 16.2. The van der Waals surface area contributed by atoms with Gasteiger partial charge >= 0.3 is 6.03 Å². The van der Waals surface area contributed by atoms with Crippen molar-refractivity contribution in [1.82, 2.24) is 14.8 Å². The third kappa shape index (κ3) is 4.34. The van der Waals surface area contributed by atoms with E-state index < -0.39 is 0 Å². The maximum absolute atomic E-state index is 13.6. The predicted octanol–water partition coefficient (Wildman–Crippen LogP) is 5.77. The van der Waals surface area contributed by atoms with Gasteiger partial charge in [0.15, 0.2) is 0 Å². The molecule has 5 rings (SSSR count). The number of carbonyl (C=O) groups is 1. The van der Waals surface area contributed by atoms with E-state index in [1.165, 1.54) is 39.4 Å². The van der Waals surface area contributed by atoms with Crippen molar-refractivity contribution in [3.05, 3.63) is 75.4 Å². The number of benzene rings is 1. The normalized spacial score (nSPS) is 17.2. The second-order valence-electron chi connectivity index (χ2n) is 9.02. The Hall–Kier alpha value is -2.57. The average Bonchev–Trinajstić information content (AvgIpc) is 3.41. The van der Waals surface area contributed by atoms with Gasteiger partial charge in [0.1, 0.15) is 5.00 Å². The summed E-state index contributed by atoms with van der Waals surface area (Å²) >= 11 is 1.93. The number of rotatable bonds is 6. The summed E-state index contributed by atoms with van der Waals surface area (Å²) in [5.41, 5.74) is 6.35. The molecule has 0 saturated heterocycles. The first-order valence-electron chi connectivity index (χ1n) is 12.2. The van der Waals surface area contributed by atoms with Crippen molar-refractivity contribution >= 4 is 17.4 Å². The van der Waals surface area contributed by atoms with Crippen LogP contribution in [-0.2, 0) is 24.1 Å². The van der Waals surface area contributed by atoms with Crippen LogP contribution < -0.4 is 5.32 Å². The van der Waals surface area contributed by atoms with Crippen molar-refractivity contribution < 1.29 is 9.53 Å². The molecule has 0 fully saturated rings. The van der Waals surface area contributed by atoms with Gasteiger partial charge in [0.25, 0.3) is 0 Å². The molecule has 1 aliphatic heterocycles. The molecule has 5 nitrogen and oxygen atoms in total. The molecule has 3 heterocycles. The highest BCUT2D eigenvalue weighted by molar-refractivity contribution is 7.15. The minimum atomic E-state index is -0.133. The summed E-state index contributed by atoms with van der Waals surface area (Å²) in [6, 6.07) is 12.8. The Balaban J connectivity index is 1.55. The minimum absolute atomic E-state index is 0.00608. The van der Waals surface area contributed by atoms with Gasteiger partial charge in [-0.3, -0.25) is 0 Å². The third-order valence-corrected chi connectivity index (χ3v) is 8.11. The molecule has 1 atom stereocenters. The van der Waals surface area contributed by atoms with Crippen molar-refractivity contribution in [2.75, 3.05) is 19.8 Å². The van der Waals surface area contributed by atoms with E-state index in [1.807, 2.05) is 23.2 Å². The number of thiophene rings is 1. The van der Waals surface area contributed by atoms with Gasteiger partial charge in [0.2, 0.25) is 0 Å². The molecular weight excluding hydrogens is 430 g/mol. The van der Waals surface area contributed by atoms with Crippen LogP contribution in [-0.4, -0.2) is 35.3 Å². The largest absolute Gasteiger partial charge is 0.382 e. The highest BCUT2D eigenvalue weighted by atomic mass is 32.1. The van der Waals surface area contributed by atoms with Gasteiger partial charge in [-0.25, -0.2) is 4.79 Å². The summed E-state index contributed by atoms with van der Waals surface area (Å²) in [6.07, 6.45) is 7.77. The fourth-order valence-corrected chi connectivity index (χ4v) is 6.51. The van der Waals surface area contributed by atoms with Crippen LogP contribution in [0.3, 0.4) is 0 Å². The number of nitrogens with zero attached hydrogens (tertiary/aromatic N) is 2. The van der Waals surface area contributed by atoms with E-state index in [9.17, 15) is 4.79 Å². The van der Waals surface area contributed by atoms with Crippen LogP contribution in [0, 0.1) is 6.92 Å². The van der Waals surface area contributed by atoms with Gasteiger partial charge in [-0.05, 0) is 69.2 Å². The third-order valence-electron chi connectivity index (χ3n) is 6.78. The van der Waals surface area contributed by atoms with Gasteiger partial charge in [-0.1, -0.05) is 29.8 Å². The van der Waals surface area contributed by atoms with E-state index in [0.29, 0.717) is 26.3 Å². The lowest BCUT2D eigenvalue weighted by atomic mass is 9.95. The van der Waals surface area contributed by atoms with Crippen LogP contribution in [0.4, 0.5) is 4.79 Å². The standard InChI is InChI=1S/C27H33N3O2S/c1-3-32-17-7-15-28-27(31)30-18-22-21-8-4-5-10-24(21)33-26(22)29-16-6-9-23(29)25(30)20-13-11-19(2)12-14-20/h6,9,11-14,16,25H,3-5,7-8,10,15,17-18H2,1-2H3,(H,28,31)/t25-/m0/s1. The molecule has 0 spiro atoms. The van der Waals surface area contributed by atoms with Crippen molar-refractivity contribution in [3.63, 3.8) is 0 Å². The number of hydrogen-bond donors (Lipinski definition) is 1. The summed E-state index contributed by atoms with van der Waals surface area (Å²) in [6.45, 7) is 6.73. The summed E-state index contributed by atoms with van der Waals surface area (Å²) in [7, 11) is 0. The molecular formula is C27H33N3O2S. The van der Waals surface area contributed by atoms with E-state index >= 15 is 0 Å².